The van der Waals surface area contributed by atoms with Crippen LogP contribution < -0.4 is 5.32 Å². The summed E-state index contributed by atoms with van der Waals surface area (Å²) in [5, 5.41) is 13.4. The molecule has 0 aromatic rings. The smallest absolute Gasteiger partial charge is 0.266 e. The van der Waals surface area contributed by atoms with Crippen molar-refractivity contribution in [1.29, 1.82) is 0 Å². The highest BCUT2D eigenvalue weighted by molar-refractivity contribution is 7.85. The number of aliphatic hydroxyl groups excluding tert-OH is 1. The summed E-state index contributed by atoms with van der Waals surface area (Å²) in [5.74, 6) is -0.880. The third-order valence-electron chi connectivity index (χ3n) is 10.6. The summed E-state index contributed by atoms with van der Waals surface area (Å²) in [6.07, 6.45) is 44.8. The van der Waals surface area contributed by atoms with Gasteiger partial charge in [0.25, 0.3) is 10.1 Å². The molecule has 0 aliphatic heterocycles. The molecule has 2 atom stereocenters. The predicted octanol–water partition coefficient (Wildman–Crippen LogP) is 13.2. The van der Waals surface area contributed by atoms with Gasteiger partial charge < -0.3 is 10.4 Å². The summed E-state index contributed by atoms with van der Waals surface area (Å²) >= 11 is 0. The van der Waals surface area contributed by atoms with E-state index in [4.69, 9.17) is 0 Å². The number of hydrogen-bond acceptors (Lipinski definition) is 4. The van der Waals surface area contributed by atoms with Gasteiger partial charge in [-0.15, -0.1) is 0 Å². The van der Waals surface area contributed by atoms with Crippen LogP contribution >= 0.6 is 0 Å². The van der Waals surface area contributed by atoms with Gasteiger partial charge >= 0.3 is 0 Å². The van der Waals surface area contributed by atoms with Crippen LogP contribution in [-0.4, -0.2) is 41.9 Å². The molecule has 0 aliphatic rings. The molecule has 6 nitrogen and oxygen atoms in total. The molecule has 0 spiro atoms. The lowest BCUT2D eigenvalue weighted by Crippen LogP contribution is -2.47. The molecule has 7 heteroatoms. The van der Waals surface area contributed by atoms with Crippen molar-refractivity contribution in [3.8, 4) is 0 Å². The molecule has 0 fully saturated rings. The Morgan fingerprint density at radius 1 is 0.460 bits per heavy atom. The minimum atomic E-state index is -4.30. The average molecular weight is 730 g/mol. The zero-order valence-corrected chi connectivity index (χ0v) is 34.4. The highest BCUT2D eigenvalue weighted by Crippen LogP contribution is 2.17. The Hall–Kier alpha value is -0.660. The molecule has 0 radical (unpaired) electrons. The number of unbranched alkanes of at least 4 members (excludes halogenated alkanes) is 33. The fourth-order valence-electron chi connectivity index (χ4n) is 7.22. The van der Waals surface area contributed by atoms with Crippen molar-refractivity contribution in [2.75, 3.05) is 5.75 Å². The van der Waals surface area contributed by atoms with Gasteiger partial charge in [0, 0.05) is 6.42 Å². The predicted molar refractivity (Wildman–Crippen MR) is 217 cm³/mol. The second-order valence-electron chi connectivity index (χ2n) is 15.7. The lowest BCUT2D eigenvalue weighted by molar-refractivity contribution is -0.122. The number of aliphatic hydroxyl groups is 1. The minimum Gasteiger partial charge on any atom is -0.391 e. The molecule has 3 N–H and O–H groups in total. The first-order valence-corrected chi connectivity index (χ1v) is 23.8. The number of rotatable bonds is 41. The molecule has 0 saturated carbocycles. The Bertz CT molecular complexity index is 805. The van der Waals surface area contributed by atoms with Gasteiger partial charge in [-0.05, 0) is 12.8 Å². The summed E-state index contributed by atoms with van der Waals surface area (Å²) < 4.78 is 32.6. The van der Waals surface area contributed by atoms with Crippen LogP contribution in [0, 0.1) is 0 Å². The SMILES string of the molecule is CCCCCCCCCCCCCCCCCCCCCCC(=O)NC(CS(=O)(=O)O)C(O)CCCCCCCCCCCCCCCCC. The van der Waals surface area contributed by atoms with E-state index in [0.29, 0.717) is 12.8 Å². The van der Waals surface area contributed by atoms with Crippen LogP contribution in [0.25, 0.3) is 0 Å². The lowest BCUT2D eigenvalue weighted by Gasteiger charge is -2.23. The first-order valence-electron chi connectivity index (χ1n) is 22.2. The lowest BCUT2D eigenvalue weighted by atomic mass is 10.0. The van der Waals surface area contributed by atoms with Gasteiger partial charge in [-0.25, -0.2) is 0 Å². The summed E-state index contributed by atoms with van der Waals surface area (Å²) in [6, 6.07) is -0.964. The molecule has 1 amide bonds. The van der Waals surface area contributed by atoms with E-state index in [1.807, 2.05) is 0 Å². The minimum absolute atomic E-state index is 0.239. The Kier molecular flexibility index (Phi) is 37.6. The van der Waals surface area contributed by atoms with E-state index in [-0.39, 0.29) is 5.91 Å². The van der Waals surface area contributed by atoms with Crippen molar-refractivity contribution in [3.63, 3.8) is 0 Å². The third kappa shape index (κ3) is 38.6. The van der Waals surface area contributed by atoms with Gasteiger partial charge in [-0.3, -0.25) is 9.35 Å². The van der Waals surface area contributed by atoms with Gasteiger partial charge in [-0.1, -0.05) is 232 Å². The van der Waals surface area contributed by atoms with Gasteiger partial charge in [-0.2, -0.15) is 8.42 Å². The van der Waals surface area contributed by atoms with Gasteiger partial charge in [0.2, 0.25) is 5.91 Å². The fraction of sp³-hybridized carbons (Fsp3) is 0.977. The molecule has 0 saturated heterocycles. The number of nitrogens with one attached hydrogen (secondary N) is 1. The van der Waals surface area contributed by atoms with Crippen molar-refractivity contribution in [2.24, 2.45) is 0 Å². The molecule has 0 bridgehead atoms. The Morgan fingerprint density at radius 3 is 1.00 bits per heavy atom. The number of carbonyl (C=O) groups excluding carboxylic acids is 1. The van der Waals surface area contributed by atoms with Crippen molar-refractivity contribution < 1.29 is 22.9 Å². The van der Waals surface area contributed by atoms with Crippen molar-refractivity contribution in [1.82, 2.24) is 5.32 Å². The van der Waals surface area contributed by atoms with E-state index in [9.17, 15) is 22.9 Å². The van der Waals surface area contributed by atoms with Crippen LogP contribution in [0.15, 0.2) is 0 Å². The molecular weight excluding hydrogens is 643 g/mol. The second-order valence-corrected chi connectivity index (χ2v) is 17.2. The largest absolute Gasteiger partial charge is 0.391 e. The normalized spacial score (nSPS) is 13.1. The van der Waals surface area contributed by atoms with E-state index < -0.39 is 28.0 Å². The maximum absolute atomic E-state index is 12.5. The first kappa shape index (κ1) is 49.3. The van der Waals surface area contributed by atoms with Crippen molar-refractivity contribution >= 4 is 16.0 Å². The Balaban J connectivity index is 3.76. The van der Waals surface area contributed by atoms with Gasteiger partial charge in [0.05, 0.1) is 17.9 Å². The van der Waals surface area contributed by atoms with E-state index >= 15 is 0 Å². The molecule has 0 aromatic heterocycles. The molecular formula is C43H87NO5S. The standard InChI is InChI=1S/C43H87NO5S/c1-3-5-7-9-11-13-15-17-19-20-21-22-23-25-27-29-31-33-35-37-39-43(46)44-41(40-50(47,48)49)42(45)38-36-34-32-30-28-26-24-18-16-14-12-10-8-6-4-2/h41-42,45H,3-40H2,1-2H3,(H,44,46)(H,47,48,49). The van der Waals surface area contributed by atoms with Crippen LogP contribution in [0.1, 0.15) is 251 Å². The quantitative estimate of drug-likeness (QED) is 0.0429. The highest BCUT2D eigenvalue weighted by Gasteiger charge is 2.26. The highest BCUT2D eigenvalue weighted by atomic mass is 32.2. The summed E-state index contributed by atoms with van der Waals surface area (Å²) in [6.45, 7) is 4.54. The van der Waals surface area contributed by atoms with E-state index in [1.54, 1.807) is 0 Å². The van der Waals surface area contributed by atoms with Crippen LogP contribution in [-0.2, 0) is 14.9 Å². The average Bonchev–Trinajstić information content (AvgIpc) is 3.08. The Labute approximate surface area is 312 Å². The topological polar surface area (TPSA) is 104 Å². The maximum atomic E-state index is 12.5. The molecule has 50 heavy (non-hydrogen) atoms. The molecule has 0 aliphatic carbocycles. The zero-order valence-electron chi connectivity index (χ0n) is 33.6. The molecule has 300 valence electrons. The van der Waals surface area contributed by atoms with E-state index in [0.717, 1.165) is 38.5 Å². The monoisotopic (exact) mass is 730 g/mol. The van der Waals surface area contributed by atoms with Crippen LogP contribution in [0.5, 0.6) is 0 Å². The molecule has 0 heterocycles. The molecule has 0 rings (SSSR count). The Morgan fingerprint density at radius 2 is 0.720 bits per heavy atom. The number of amides is 1. The molecule has 0 aromatic carbocycles. The maximum Gasteiger partial charge on any atom is 0.266 e. The van der Waals surface area contributed by atoms with Crippen molar-refractivity contribution in [2.45, 2.75) is 264 Å². The molecule has 2 unspecified atom stereocenters. The second kappa shape index (κ2) is 38.1. The summed E-state index contributed by atoms with van der Waals surface area (Å²) in [7, 11) is -4.30. The van der Waals surface area contributed by atoms with Crippen LogP contribution in [0.2, 0.25) is 0 Å². The summed E-state index contributed by atoms with van der Waals surface area (Å²) in [5.41, 5.74) is 0. The van der Waals surface area contributed by atoms with Crippen LogP contribution in [0.4, 0.5) is 0 Å². The first-order chi connectivity index (χ1) is 24.3. The zero-order chi connectivity index (χ0) is 36.8. The van der Waals surface area contributed by atoms with E-state index in [1.165, 1.54) is 186 Å². The summed E-state index contributed by atoms with van der Waals surface area (Å²) in [4.78, 5) is 12.5. The fourth-order valence-corrected chi connectivity index (χ4v) is 7.98. The van der Waals surface area contributed by atoms with Gasteiger partial charge in [0.15, 0.2) is 0 Å². The number of carbonyl (C=O) groups is 1. The van der Waals surface area contributed by atoms with E-state index in [2.05, 4.69) is 19.2 Å². The third-order valence-corrected chi connectivity index (χ3v) is 11.3. The van der Waals surface area contributed by atoms with Gasteiger partial charge in [0.1, 0.15) is 0 Å². The van der Waals surface area contributed by atoms with Crippen molar-refractivity contribution in [3.05, 3.63) is 0 Å². The van der Waals surface area contributed by atoms with Crippen LogP contribution in [0.3, 0.4) is 0 Å². The number of hydrogen-bond donors (Lipinski definition) is 3.